The molecule has 120 valence electrons. The van der Waals surface area contributed by atoms with Gasteiger partial charge in [-0.1, -0.05) is 30.3 Å². The van der Waals surface area contributed by atoms with Crippen LogP contribution in [-0.2, 0) is 4.79 Å². The molecule has 0 radical (unpaired) electrons. The Hall–Kier alpha value is -2.43. The number of piperidine rings is 1. The molecule has 1 amide bonds. The zero-order chi connectivity index (χ0) is 16.1. The number of aromatic nitrogens is 2. The summed E-state index contributed by atoms with van der Waals surface area (Å²) >= 11 is 0. The van der Waals surface area contributed by atoms with Crippen molar-refractivity contribution in [2.75, 3.05) is 18.0 Å². The van der Waals surface area contributed by atoms with Crippen LogP contribution in [0.1, 0.15) is 31.4 Å². The molecule has 2 aromatic rings. The normalized spacial score (nSPS) is 16.8. The molecule has 2 heterocycles. The van der Waals surface area contributed by atoms with Gasteiger partial charge in [0, 0.05) is 31.4 Å². The van der Waals surface area contributed by atoms with Crippen molar-refractivity contribution < 1.29 is 4.79 Å². The molecule has 0 bridgehead atoms. The summed E-state index contributed by atoms with van der Waals surface area (Å²) in [5, 5.41) is 3.14. The van der Waals surface area contributed by atoms with E-state index in [-0.39, 0.29) is 17.9 Å². The van der Waals surface area contributed by atoms with E-state index in [1.165, 1.54) is 0 Å². The number of hydrogen-bond acceptors (Lipinski definition) is 4. The van der Waals surface area contributed by atoms with E-state index in [0.29, 0.717) is 0 Å². The molecule has 1 unspecified atom stereocenters. The molecule has 1 fully saturated rings. The number of anilines is 1. The van der Waals surface area contributed by atoms with Gasteiger partial charge in [-0.3, -0.25) is 9.78 Å². The molecule has 1 atom stereocenters. The molecule has 1 saturated heterocycles. The maximum atomic E-state index is 12.5. The smallest absolute Gasteiger partial charge is 0.223 e. The van der Waals surface area contributed by atoms with Crippen molar-refractivity contribution in [3.63, 3.8) is 0 Å². The number of carbonyl (C=O) groups excluding carboxylic acids is 1. The van der Waals surface area contributed by atoms with E-state index >= 15 is 0 Å². The van der Waals surface area contributed by atoms with Crippen molar-refractivity contribution in [1.82, 2.24) is 15.3 Å². The van der Waals surface area contributed by atoms with Crippen LogP contribution in [0.5, 0.6) is 0 Å². The van der Waals surface area contributed by atoms with Crippen LogP contribution in [-0.4, -0.2) is 29.0 Å². The molecule has 1 aliphatic rings. The van der Waals surface area contributed by atoms with Crippen molar-refractivity contribution in [2.24, 2.45) is 5.92 Å². The monoisotopic (exact) mass is 310 g/mol. The summed E-state index contributed by atoms with van der Waals surface area (Å²) in [5.74, 6) is 1.12. The van der Waals surface area contributed by atoms with Gasteiger partial charge in [0.1, 0.15) is 5.82 Å². The van der Waals surface area contributed by atoms with Crippen LogP contribution >= 0.6 is 0 Å². The minimum Gasteiger partial charge on any atom is -0.355 e. The highest BCUT2D eigenvalue weighted by Gasteiger charge is 2.26. The molecule has 5 heteroatoms. The van der Waals surface area contributed by atoms with Crippen molar-refractivity contribution in [1.29, 1.82) is 0 Å². The summed E-state index contributed by atoms with van der Waals surface area (Å²) in [5.41, 5.74) is 1.14. The number of carbonyl (C=O) groups is 1. The van der Waals surface area contributed by atoms with E-state index < -0.39 is 0 Å². The summed E-state index contributed by atoms with van der Waals surface area (Å²) in [6, 6.07) is 10.1. The summed E-state index contributed by atoms with van der Waals surface area (Å²) in [6.07, 6.45) is 6.86. The lowest BCUT2D eigenvalue weighted by Crippen LogP contribution is -2.41. The number of nitrogens with one attached hydrogen (secondary N) is 1. The van der Waals surface area contributed by atoms with E-state index in [1.807, 2.05) is 37.3 Å². The average Bonchev–Trinajstić information content (AvgIpc) is 2.63. The van der Waals surface area contributed by atoms with Crippen LogP contribution in [0.2, 0.25) is 0 Å². The van der Waals surface area contributed by atoms with E-state index in [9.17, 15) is 4.79 Å². The van der Waals surface area contributed by atoms with Gasteiger partial charge in [0.05, 0.1) is 12.2 Å². The first-order chi connectivity index (χ1) is 11.2. The minimum absolute atomic E-state index is 0.0433. The molecule has 0 aliphatic carbocycles. The highest BCUT2D eigenvalue weighted by molar-refractivity contribution is 5.79. The summed E-state index contributed by atoms with van der Waals surface area (Å²) in [4.78, 5) is 23.1. The van der Waals surface area contributed by atoms with Gasteiger partial charge in [-0.05, 0) is 25.3 Å². The van der Waals surface area contributed by atoms with Gasteiger partial charge in [0.2, 0.25) is 5.91 Å². The second kappa shape index (κ2) is 7.22. The Labute approximate surface area is 136 Å². The Bertz CT molecular complexity index is 624. The maximum Gasteiger partial charge on any atom is 0.223 e. The van der Waals surface area contributed by atoms with Crippen LogP contribution in [0, 0.1) is 5.92 Å². The quantitative estimate of drug-likeness (QED) is 0.943. The van der Waals surface area contributed by atoms with Gasteiger partial charge in [-0.25, -0.2) is 4.98 Å². The predicted octanol–water partition coefficient (Wildman–Crippen LogP) is 2.57. The topological polar surface area (TPSA) is 58.1 Å². The number of hydrogen-bond donors (Lipinski definition) is 1. The Balaban J connectivity index is 1.52. The average molecular weight is 310 g/mol. The number of rotatable bonds is 4. The van der Waals surface area contributed by atoms with Crippen molar-refractivity contribution in [3.8, 4) is 0 Å². The zero-order valence-corrected chi connectivity index (χ0v) is 13.4. The fourth-order valence-electron chi connectivity index (χ4n) is 2.98. The molecule has 1 aromatic heterocycles. The van der Waals surface area contributed by atoms with E-state index in [0.717, 1.165) is 37.3 Å². The summed E-state index contributed by atoms with van der Waals surface area (Å²) in [6.45, 7) is 3.72. The third kappa shape index (κ3) is 3.86. The molecule has 1 aromatic carbocycles. The van der Waals surface area contributed by atoms with E-state index in [2.05, 4.69) is 20.2 Å². The standard InChI is InChI=1S/C18H22N4O/c1-14(15-5-3-2-4-6-15)21-18(23)16-7-11-22(12-8-16)17-13-19-9-10-20-17/h2-6,9-10,13-14,16H,7-8,11-12H2,1H3,(H,21,23). The van der Waals surface area contributed by atoms with Crippen molar-refractivity contribution in [3.05, 3.63) is 54.5 Å². The molecule has 0 spiro atoms. The third-order valence-electron chi connectivity index (χ3n) is 4.40. The maximum absolute atomic E-state index is 12.5. The predicted molar refractivity (Wildman–Crippen MR) is 90.0 cm³/mol. The first-order valence-corrected chi connectivity index (χ1v) is 8.10. The molecule has 3 rings (SSSR count). The number of benzene rings is 1. The first kappa shape index (κ1) is 15.5. The fraction of sp³-hybridized carbons (Fsp3) is 0.389. The fourth-order valence-corrected chi connectivity index (χ4v) is 2.98. The Kier molecular flexibility index (Phi) is 4.86. The van der Waals surface area contributed by atoms with Crippen LogP contribution in [0.3, 0.4) is 0 Å². The molecule has 23 heavy (non-hydrogen) atoms. The molecule has 0 saturated carbocycles. The number of amides is 1. The minimum atomic E-state index is 0.0433. The second-order valence-corrected chi connectivity index (χ2v) is 5.97. The summed E-state index contributed by atoms with van der Waals surface area (Å²) < 4.78 is 0. The Morgan fingerprint density at radius 1 is 1.22 bits per heavy atom. The largest absolute Gasteiger partial charge is 0.355 e. The molecule has 5 nitrogen and oxygen atoms in total. The van der Waals surface area contributed by atoms with Gasteiger partial charge in [0.15, 0.2) is 0 Å². The lowest BCUT2D eigenvalue weighted by Gasteiger charge is -2.32. The Morgan fingerprint density at radius 3 is 2.61 bits per heavy atom. The SMILES string of the molecule is CC(NC(=O)C1CCN(c2cnccn2)CC1)c1ccccc1. The lowest BCUT2D eigenvalue weighted by molar-refractivity contribution is -0.126. The van der Waals surface area contributed by atoms with Crippen LogP contribution in [0.4, 0.5) is 5.82 Å². The van der Waals surface area contributed by atoms with Gasteiger partial charge in [0.25, 0.3) is 0 Å². The van der Waals surface area contributed by atoms with Crippen molar-refractivity contribution in [2.45, 2.75) is 25.8 Å². The van der Waals surface area contributed by atoms with E-state index in [1.54, 1.807) is 18.6 Å². The van der Waals surface area contributed by atoms with Gasteiger partial charge in [-0.2, -0.15) is 0 Å². The van der Waals surface area contributed by atoms with Crippen LogP contribution in [0.25, 0.3) is 0 Å². The second-order valence-electron chi connectivity index (χ2n) is 5.97. The van der Waals surface area contributed by atoms with Gasteiger partial charge < -0.3 is 10.2 Å². The van der Waals surface area contributed by atoms with Gasteiger partial charge in [-0.15, -0.1) is 0 Å². The van der Waals surface area contributed by atoms with Gasteiger partial charge >= 0.3 is 0 Å². The Morgan fingerprint density at radius 2 is 1.96 bits per heavy atom. The third-order valence-corrected chi connectivity index (χ3v) is 4.40. The lowest BCUT2D eigenvalue weighted by atomic mass is 9.95. The van der Waals surface area contributed by atoms with Crippen LogP contribution < -0.4 is 10.2 Å². The molecular weight excluding hydrogens is 288 g/mol. The zero-order valence-electron chi connectivity index (χ0n) is 13.4. The molecular formula is C18H22N4O. The van der Waals surface area contributed by atoms with Crippen molar-refractivity contribution >= 4 is 11.7 Å². The van der Waals surface area contributed by atoms with Crippen LogP contribution in [0.15, 0.2) is 48.9 Å². The number of nitrogens with zero attached hydrogens (tertiary/aromatic N) is 3. The summed E-state index contributed by atoms with van der Waals surface area (Å²) in [7, 11) is 0. The molecule has 1 N–H and O–H groups in total. The molecule has 1 aliphatic heterocycles. The van der Waals surface area contributed by atoms with E-state index in [4.69, 9.17) is 0 Å². The highest BCUT2D eigenvalue weighted by Crippen LogP contribution is 2.22. The first-order valence-electron chi connectivity index (χ1n) is 8.10. The highest BCUT2D eigenvalue weighted by atomic mass is 16.1.